The maximum atomic E-state index is 6.29. The largest absolute Gasteiger partial charge is 0.456 e. The molecule has 0 amide bonds. The van der Waals surface area contributed by atoms with Gasteiger partial charge >= 0.3 is 0 Å². The summed E-state index contributed by atoms with van der Waals surface area (Å²) in [5.74, 6) is 0. The summed E-state index contributed by atoms with van der Waals surface area (Å²) < 4.78 is 6.29. The van der Waals surface area contributed by atoms with Gasteiger partial charge in [0.2, 0.25) is 0 Å². The van der Waals surface area contributed by atoms with E-state index in [0.29, 0.717) is 0 Å². The standard InChI is InChI=1S/C52H35NO/c1-3-13-36(14-4-1)38-25-29-42(30-26-38)53(43-31-27-39(28-32-43)41-18-11-17-40(35-41)37-15-5-2-6-16-37)49-23-9-7-19-46(49)44-21-12-22-47-45(44)33-34-51-52(47)48-20-8-10-24-50(48)54-51/h1-35H. The smallest absolute Gasteiger partial charge is 0.136 e. The topological polar surface area (TPSA) is 16.4 Å². The molecule has 0 N–H and O–H groups in total. The van der Waals surface area contributed by atoms with E-state index in [9.17, 15) is 0 Å². The first-order valence-corrected chi connectivity index (χ1v) is 18.4. The first kappa shape index (κ1) is 31.6. The molecule has 0 saturated heterocycles. The Kier molecular flexibility index (Phi) is 7.85. The molecule has 9 aromatic carbocycles. The van der Waals surface area contributed by atoms with Crippen molar-refractivity contribution in [2.45, 2.75) is 0 Å². The Hall–Kier alpha value is -7.16. The van der Waals surface area contributed by atoms with Crippen molar-refractivity contribution in [3.8, 4) is 44.5 Å². The number of furan rings is 1. The molecule has 2 heteroatoms. The molecule has 0 aliphatic heterocycles. The molecule has 1 heterocycles. The summed E-state index contributed by atoms with van der Waals surface area (Å²) in [6, 6.07) is 75.9. The van der Waals surface area contributed by atoms with Crippen LogP contribution in [0.2, 0.25) is 0 Å². The lowest BCUT2D eigenvalue weighted by Crippen LogP contribution is -2.11. The van der Waals surface area contributed by atoms with E-state index >= 15 is 0 Å². The zero-order valence-electron chi connectivity index (χ0n) is 29.6. The average molecular weight is 690 g/mol. The van der Waals surface area contributed by atoms with Gasteiger partial charge in [0, 0.05) is 27.7 Å². The minimum atomic E-state index is 0.906. The number of benzene rings is 9. The van der Waals surface area contributed by atoms with Crippen LogP contribution in [0.1, 0.15) is 0 Å². The van der Waals surface area contributed by atoms with Gasteiger partial charge in [0.1, 0.15) is 11.2 Å². The molecule has 10 aromatic rings. The molecule has 254 valence electrons. The maximum absolute atomic E-state index is 6.29. The Morgan fingerprint density at radius 3 is 1.50 bits per heavy atom. The molecule has 0 bridgehead atoms. The number of nitrogens with zero attached hydrogens (tertiary/aromatic N) is 1. The molecule has 54 heavy (non-hydrogen) atoms. The van der Waals surface area contributed by atoms with Gasteiger partial charge in [-0.25, -0.2) is 0 Å². The Labute approximate surface area is 314 Å². The summed E-state index contributed by atoms with van der Waals surface area (Å²) in [5, 5.41) is 4.67. The highest BCUT2D eigenvalue weighted by Gasteiger charge is 2.20. The van der Waals surface area contributed by atoms with E-state index in [-0.39, 0.29) is 0 Å². The highest BCUT2D eigenvalue weighted by atomic mass is 16.3. The molecule has 10 rings (SSSR count). The predicted molar refractivity (Wildman–Crippen MR) is 228 cm³/mol. The van der Waals surface area contributed by atoms with Crippen molar-refractivity contribution < 1.29 is 4.42 Å². The fourth-order valence-electron chi connectivity index (χ4n) is 7.89. The Balaban J connectivity index is 1.12. The number of para-hydroxylation sites is 2. The lowest BCUT2D eigenvalue weighted by atomic mass is 9.94. The van der Waals surface area contributed by atoms with Crippen LogP contribution in [-0.2, 0) is 0 Å². The lowest BCUT2D eigenvalue weighted by molar-refractivity contribution is 0.669. The Bertz CT molecular complexity index is 2910. The van der Waals surface area contributed by atoms with Crippen molar-refractivity contribution in [1.82, 2.24) is 0 Å². The van der Waals surface area contributed by atoms with Crippen LogP contribution in [0, 0.1) is 0 Å². The molecule has 0 unspecified atom stereocenters. The van der Waals surface area contributed by atoms with Crippen LogP contribution < -0.4 is 4.90 Å². The van der Waals surface area contributed by atoms with Gasteiger partial charge in [0.25, 0.3) is 0 Å². The van der Waals surface area contributed by atoms with Gasteiger partial charge < -0.3 is 9.32 Å². The van der Waals surface area contributed by atoms with Gasteiger partial charge in [-0.15, -0.1) is 0 Å². The van der Waals surface area contributed by atoms with Crippen molar-refractivity contribution in [3.05, 3.63) is 212 Å². The van der Waals surface area contributed by atoms with Crippen LogP contribution in [0.5, 0.6) is 0 Å². The lowest BCUT2D eigenvalue weighted by Gasteiger charge is -2.28. The highest BCUT2D eigenvalue weighted by Crippen LogP contribution is 2.45. The summed E-state index contributed by atoms with van der Waals surface area (Å²) >= 11 is 0. The number of hydrogen-bond donors (Lipinski definition) is 0. The molecule has 1 aromatic heterocycles. The highest BCUT2D eigenvalue weighted by molar-refractivity contribution is 6.21. The van der Waals surface area contributed by atoms with E-state index in [1.54, 1.807) is 0 Å². The van der Waals surface area contributed by atoms with Crippen LogP contribution >= 0.6 is 0 Å². The molecule has 0 spiro atoms. The van der Waals surface area contributed by atoms with Crippen LogP contribution in [0.4, 0.5) is 17.1 Å². The molecule has 0 radical (unpaired) electrons. The van der Waals surface area contributed by atoms with Crippen molar-refractivity contribution in [2.75, 3.05) is 4.90 Å². The third kappa shape index (κ3) is 5.62. The SMILES string of the molecule is c1ccc(-c2ccc(N(c3ccc(-c4cccc(-c5ccccc5)c4)cc3)c3ccccc3-c3cccc4c3ccc3oc5ccccc5c34)cc2)cc1. The molecular weight excluding hydrogens is 655 g/mol. The van der Waals surface area contributed by atoms with E-state index in [0.717, 1.165) is 44.6 Å². The molecule has 2 nitrogen and oxygen atoms in total. The van der Waals surface area contributed by atoms with Crippen LogP contribution in [0.3, 0.4) is 0 Å². The first-order chi connectivity index (χ1) is 26.8. The van der Waals surface area contributed by atoms with E-state index in [1.165, 1.54) is 49.7 Å². The maximum Gasteiger partial charge on any atom is 0.136 e. The second-order valence-corrected chi connectivity index (χ2v) is 13.7. The fraction of sp³-hybridized carbons (Fsp3) is 0. The van der Waals surface area contributed by atoms with Crippen LogP contribution in [0.15, 0.2) is 217 Å². The average Bonchev–Trinajstić information content (AvgIpc) is 3.64. The summed E-state index contributed by atoms with van der Waals surface area (Å²) in [5.41, 5.74) is 14.6. The van der Waals surface area contributed by atoms with E-state index < -0.39 is 0 Å². The summed E-state index contributed by atoms with van der Waals surface area (Å²) in [7, 11) is 0. The number of anilines is 3. The van der Waals surface area contributed by atoms with E-state index in [1.807, 2.05) is 12.1 Å². The number of fused-ring (bicyclic) bond motifs is 5. The zero-order valence-corrected chi connectivity index (χ0v) is 29.6. The van der Waals surface area contributed by atoms with Gasteiger partial charge in [0.05, 0.1) is 5.69 Å². The summed E-state index contributed by atoms with van der Waals surface area (Å²) in [6.07, 6.45) is 0. The third-order valence-corrected chi connectivity index (χ3v) is 10.5. The number of rotatable bonds is 7. The minimum absolute atomic E-state index is 0.906. The van der Waals surface area contributed by atoms with Crippen LogP contribution in [0.25, 0.3) is 77.2 Å². The molecule has 0 saturated carbocycles. The normalized spacial score (nSPS) is 11.3. The monoisotopic (exact) mass is 689 g/mol. The van der Waals surface area contributed by atoms with E-state index in [4.69, 9.17) is 4.42 Å². The van der Waals surface area contributed by atoms with Gasteiger partial charge in [-0.3, -0.25) is 0 Å². The zero-order chi connectivity index (χ0) is 35.8. The fourth-order valence-corrected chi connectivity index (χ4v) is 7.89. The van der Waals surface area contributed by atoms with Crippen molar-refractivity contribution in [2.24, 2.45) is 0 Å². The van der Waals surface area contributed by atoms with Gasteiger partial charge in [0.15, 0.2) is 0 Å². The van der Waals surface area contributed by atoms with Gasteiger partial charge in [-0.05, 0) is 98.2 Å². The second-order valence-electron chi connectivity index (χ2n) is 13.7. The number of hydrogen-bond acceptors (Lipinski definition) is 2. The molecule has 0 aliphatic rings. The molecule has 0 atom stereocenters. The van der Waals surface area contributed by atoms with Crippen molar-refractivity contribution in [3.63, 3.8) is 0 Å². The second kappa shape index (κ2) is 13.4. The Morgan fingerprint density at radius 2 is 0.796 bits per heavy atom. The molecular formula is C52H35NO. The summed E-state index contributed by atoms with van der Waals surface area (Å²) in [6.45, 7) is 0. The van der Waals surface area contributed by atoms with E-state index in [2.05, 4.69) is 205 Å². The van der Waals surface area contributed by atoms with Gasteiger partial charge in [-0.1, -0.05) is 164 Å². The predicted octanol–water partition coefficient (Wildman–Crippen LogP) is 14.9. The minimum Gasteiger partial charge on any atom is -0.456 e. The van der Waals surface area contributed by atoms with Crippen molar-refractivity contribution >= 4 is 49.8 Å². The van der Waals surface area contributed by atoms with Gasteiger partial charge in [-0.2, -0.15) is 0 Å². The quantitative estimate of drug-likeness (QED) is 0.166. The van der Waals surface area contributed by atoms with Crippen molar-refractivity contribution in [1.29, 1.82) is 0 Å². The third-order valence-electron chi connectivity index (χ3n) is 10.5. The molecule has 0 fully saturated rings. The Morgan fingerprint density at radius 1 is 0.296 bits per heavy atom. The van der Waals surface area contributed by atoms with Crippen LogP contribution in [-0.4, -0.2) is 0 Å². The summed E-state index contributed by atoms with van der Waals surface area (Å²) in [4.78, 5) is 2.39. The molecule has 0 aliphatic carbocycles. The first-order valence-electron chi connectivity index (χ1n) is 18.4.